The lowest BCUT2D eigenvalue weighted by atomic mass is 9.94. The standard InChI is InChI=1S/C57H95N15O15/c1-12-28(5)41(69-49(79)37(61-11)25-34-19-17-16-18-20-34)52(82)66-38(26-73)50(80)65-35(21-22-40(58)75)47(77)68-43(30(7)14-3)54(84)70-42(29(6)13-2)53(83)67-39(27-74)51(81)72-45-33(10)87-56(86)44(31(8)15-4)71-48(78)36(23-24-62-57(59)60)64-46(76)32(9)63-55(45)85/h16-20,28-33,35-39,41-45,61,73-74H,12-15,21-27H2,1-11H3,(H2,58,75)(H,63,85)(H,64,76)(H,65,80)(H,66,82)(H,67,83)(H,68,77)(H,69,79)(H,70,84)(H,71,78)(H,72,81)(H4,59,60,62)/t28-,29-,30+,31-,32-,33-,35+,36-,37+,38-,39-,41-,42-,43+,44-,45+/m0/s1. The van der Waals surface area contributed by atoms with Crippen LogP contribution in [0.15, 0.2) is 35.3 Å². The molecule has 1 aromatic carbocycles. The summed E-state index contributed by atoms with van der Waals surface area (Å²) in [6.45, 7) is 13.9. The largest absolute Gasteiger partial charge is 0.458 e. The van der Waals surface area contributed by atoms with Gasteiger partial charge < -0.3 is 90.6 Å². The van der Waals surface area contributed by atoms with Gasteiger partial charge in [-0.3, -0.25) is 57.7 Å². The number of aliphatic hydroxyl groups excluding tert-OH is 2. The molecule has 19 N–H and O–H groups in total. The van der Waals surface area contributed by atoms with Gasteiger partial charge in [-0.05, 0) is 69.4 Å². The number of esters is 1. The van der Waals surface area contributed by atoms with E-state index in [-0.39, 0.29) is 31.8 Å². The second-order valence-electron chi connectivity index (χ2n) is 22.1. The van der Waals surface area contributed by atoms with Crippen molar-refractivity contribution in [2.75, 3.05) is 26.8 Å². The molecule has 0 unspecified atom stereocenters. The quantitative estimate of drug-likeness (QED) is 0.0180. The third-order valence-electron chi connectivity index (χ3n) is 15.5. The molecule has 1 heterocycles. The van der Waals surface area contributed by atoms with Gasteiger partial charge >= 0.3 is 5.97 Å². The number of amides is 11. The van der Waals surface area contributed by atoms with Crippen molar-refractivity contribution in [2.45, 2.75) is 193 Å². The number of ether oxygens (including phenoxy) is 1. The molecule has 30 heteroatoms. The summed E-state index contributed by atoms with van der Waals surface area (Å²) in [4.78, 5) is 169. The SMILES string of the molecule is CC[C@@H](C)[C@@H](NC(=O)[C@@H](CCC(N)=O)NC(=O)[C@H](CO)NC(=O)[C@@H](NC(=O)[C@@H](Cc1ccccc1)NC)[C@@H](C)CC)C(=O)N[C@H](C(=O)N[C@@H](CO)C(=O)N[C@H]1C(=O)N[C@@H](C)C(=O)N[C@@H](CCN=C(N)N)C(=O)N[C@@H]([C@@H](C)CC)C(=O)O[C@H]1C)[C@@H](C)CC. The number of carbonyl (C=O) groups is 12. The Morgan fingerprint density at radius 2 is 1.07 bits per heavy atom. The summed E-state index contributed by atoms with van der Waals surface area (Å²) in [6, 6.07) is -6.51. The fourth-order valence-corrected chi connectivity index (χ4v) is 8.93. The van der Waals surface area contributed by atoms with Crippen molar-refractivity contribution >= 4 is 76.9 Å². The third-order valence-corrected chi connectivity index (χ3v) is 15.5. The van der Waals surface area contributed by atoms with Crippen LogP contribution in [0.25, 0.3) is 0 Å². The number of rotatable bonds is 33. The minimum absolute atomic E-state index is 0.0992. The van der Waals surface area contributed by atoms with Gasteiger partial charge in [-0.15, -0.1) is 0 Å². The van der Waals surface area contributed by atoms with Crippen molar-refractivity contribution in [3.05, 3.63) is 35.9 Å². The Morgan fingerprint density at radius 3 is 1.54 bits per heavy atom. The zero-order valence-corrected chi connectivity index (χ0v) is 51.8. The van der Waals surface area contributed by atoms with Crippen LogP contribution in [0.5, 0.6) is 0 Å². The lowest BCUT2D eigenvalue weighted by Crippen LogP contribution is -2.63. The number of nitrogens with zero attached hydrogens (tertiary/aromatic N) is 1. The number of nitrogens with one attached hydrogen (secondary N) is 11. The summed E-state index contributed by atoms with van der Waals surface area (Å²) in [5.74, 6) is -13.7. The molecule has 30 nitrogen and oxygen atoms in total. The number of benzene rings is 1. The molecule has 87 heavy (non-hydrogen) atoms. The number of nitrogens with two attached hydrogens (primary N) is 3. The molecule has 16 atom stereocenters. The minimum atomic E-state index is -1.83. The third kappa shape index (κ3) is 24.0. The van der Waals surface area contributed by atoms with Gasteiger partial charge in [0.05, 0.1) is 19.3 Å². The maximum atomic E-state index is 14.4. The number of hydrogen-bond acceptors (Lipinski definition) is 17. The second-order valence-corrected chi connectivity index (χ2v) is 22.1. The van der Waals surface area contributed by atoms with E-state index in [2.05, 4.69) is 63.5 Å². The molecule has 1 saturated heterocycles. The first kappa shape index (κ1) is 75.1. The summed E-state index contributed by atoms with van der Waals surface area (Å²) in [5, 5.41) is 49.1. The monoisotopic (exact) mass is 1230 g/mol. The highest BCUT2D eigenvalue weighted by atomic mass is 16.5. The van der Waals surface area contributed by atoms with Crippen molar-refractivity contribution in [1.29, 1.82) is 0 Å². The van der Waals surface area contributed by atoms with Crippen LogP contribution in [-0.4, -0.2) is 186 Å². The van der Waals surface area contributed by atoms with Gasteiger partial charge in [0.1, 0.15) is 66.5 Å². The highest BCUT2D eigenvalue weighted by Gasteiger charge is 2.41. The summed E-state index contributed by atoms with van der Waals surface area (Å²) < 4.78 is 5.68. The lowest BCUT2D eigenvalue weighted by molar-refractivity contribution is -0.157. The molecule has 0 bridgehead atoms. The summed E-state index contributed by atoms with van der Waals surface area (Å²) in [6.07, 6.45) is -0.899. The molecule has 2 rings (SSSR count). The first-order chi connectivity index (χ1) is 41.0. The number of aliphatic imine (C=N–C) groups is 1. The van der Waals surface area contributed by atoms with Crippen LogP contribution in [0, 0.1) is 23.7 Å². The molecule has 0 spiro atoms. The van der Waals surface area contributed by atoms with Gasteiger partial charge in [0.25, 0.3) is 0 Å². The highest BCUT2D eigenvalue weighted by Crippen LogP contribution is 2.17. The van der Waals surface area contributed by atoms with Crippen LogP contribution in [0.2, 0.25) is 0 Å². The Labute approximate surface area is 508 Å². The van der Waals surface area contributed by atoms with Crippen LogP contribution in [0.1, 0.15) is 120 Å². The number of guanidine groups is 1. The van der Waals surface area contributed by atoms with E-state index in [0.29, 0.717) is 19.3 Å². The Balaban J connectivity index is 2.41. The van der Waals surface area contributed by atoms with Crippen molar-refractivity contribution in [2.24, 2.45) is 45.9 Å². The topological polar surface area (TPSA) is 477 Å². The van der Waals surface area contributed by atoms with E-state index in [1.54, 1.807) is 62.4 Å². The van der Waals surface area contributed by atoms with Gasteiger partial charge in [-0.25, -0.2) is 4.79 Å². The number of likely N-dealkylation sites (N-methyl/N-ethyl adjacent to an activating group) is 1. The van der Waals surface area contributed by atoms with Gasteiger partial charge in [-0.2, -0.15) is 0 Å². The highest BCUT2D eigenvalue weighted by molar-refractivity contribution is 5.99. The second kappa shape index (κ2) is 37.5. The fourth-order valence-electron chi connectivity index (χ4n) is 8.93. The first-order valence-corrected chi connectivity index (χ1v) is 29.5. The lowest BCUT2D eigenvalue weighted by Gasteiger charge is -2.31. The van der Waals surface area contributed by atoms with E-state index in [0.717, 1.165) is 5.56 Å². The Bertz CT molecular complexity index is 2540. The maximum Gasteiger partial charge on any atom is 0.329 e. The molecule has 0 saturated carbocycles. The smallest absolute Gasteiger partial charge is 0.329 e. The van der Waals surface area contributed by atoms with Crippen molar-refractivity contribution < 1.29 is 72.5 Å². The normalized spacial score (nSPS) is 21.1. The van der Waals surface area contributed by atoms with Gasteiger partial charge in [0.2, 0.25) is 65.0 Å². The molecule has 1 aliphatic heterocycles. The average molecular weight is 1230 g/mol. The van der Waals surface area contributed by atoms with Crippen molar-refractivity contribution in [3.63, 3.8) is 0 Å². The van der Waals surface area contributed by atoms with E-state index in [9.17, 15) is 67.7 Å². The molecule has 1 fully saturated rings. The van der Waals surface area contributed by atoms with Gasteiger partial charge in [0.15, 0.2) is 5.96 Å². The van der Waals surface area contributed by atoms with Crippen LogP contribution < -0.4 is 75.7 Å². The number of cyclic esters (lactones) is 1. The van der Waals surface area contributed by atoms with E-state index in [1.807, 2.05) is 30.3 Å². The van der Waals surface area contributed by atoms with E-state index < -0.39 is 193 Å². The van der Waals surface area contributed by atoms with Crippen LogP contribution in [-0.2, 0) is 68.7 Å². The van der Waals surface area contributed by atoms with E-state index in [4.69, 9.17) is 21.9 Å². The zero-order chi connectivity index (χ0) is 65.8. The maximum absolute atomic E-state index is 14.4. The van der Waals surface area contributed by atoms with Gasteiger partial charge in [0, 0.05) is 13.0 Å². The Kier molecular flexibility index (Phi) is 32.4. The predicted octanol–water partition coefficient (Wildman–Crippen LogP) is -4.27. The molecule has 0 radical (unpaired) electrons. The van der Waals surface area contributed by atoms with E-state index in [1.165, 1.54) is 13.8 Å². The molecule has 0 aliphatic carbocycles. The summed E-state index contributed by atoms with van der Waals surface area (Å²) in [5.41, 5.74) is 17.2. The molecule has 0 aromatic heterocycles. The zero-order valence-electron chi connectivity index (χ0n) is 51.8. The number of hydrogen-bond donors (Lipinski definition) is 16. The summed E-state index contributed by atoms with van der Waals surface area (Å²) in [7, 11) is 1.59. The number of carbonyl (C=O) groups excluding carboxylic acids is 12. The van der Waals surface area contributed by atoms with Crippen LogP contribution >= 0.6 is 0 Å². The van der Waals surface area contributed by atoms with Crippen LogP contribution in [0.3, 0.4) is 0 Å². The van der Waals surface area contributed by atoms with Gasteiger partial charge in [-0.1, -0.05) is 111 Å². The molecule has 1 aliphatic rings. The predicted molar refractivity (Wildman–Crippen MR) is 319 cm³/mol. The first-order valence-electron chi connectivity index (χ1n) is 29.5. The Morgan fingerprint density at radius 1 is 0.598 bits per heavy atom. The van der Waals surface area contributed by atoms with Crippen LogP contribution in [0.4, 0.5) is 0 Å². The minimum Gasteiger partial charge on any atom is -0.458 e. The molecule has 11 amide bonds. The fraction of sp³-hybridized carbons (Fsp3) is 0.667. The van der Waals surface area contributed by atoms with E-state index >= 15 is 0 Å². The molecule has 488 valence electrons. The molecular formula is C57H95N15O15. The Hall–Kier alpha value is -7.99. The molecular weight excluding hydrogens is 1130 g/mol. The molecule has 1 aromatic rings. The van der Waals surface area contributed by atoms with Crippen molar-refractivity contribution in [1.82, 2.24) is 58.5 Å². The number of primary amides is 1. The number of aliphatic hydroxyl groups is 2. The van der Waals surface area contributed by atoms with Crippen molar-refractivity contribution in [3.8, 4) is 0 Å². The average Bonchev–Trinajstić information content (AvgIpc) is 3.26. The summed E-state index contributed by atoms with van der Waals surface area (Å²) >= 11 is 0.